The van der Waals surface area contributed by atoms with Crippen molar-refractivity contribution < 1.29 is 22.6 Å². The molecule has 30 heavy (non-hydrogen) atoms. The smallest absolute Gasteiger partial charge is 0.388 e. The summed E-state index contributed by atoms with van der Waals surface area (Å²) in [6, 6.07) is 1.90. The van der Waals surface area contributed by atoms with Crippen LogP contribution in [0, 0.1) is 0 Å². The third-order valence-corrected chi connectivity index (χ3v) is 4.10. The van der Waals surface area contributed by atoms with Gasteiger partial charge in [0.1, 0.15) is 12.0 Å². The van der Waals surface area contributed by atoms with Crippen LogP contribution >= 0.6 is 0 Å². The second-order valence-corrected chi connectivity index (χ2v) is 6.25. The van der Waals surface area contributed by atoms with Crippen LogP contribution in [0.1, 0.15) is 47.0 Å². The van der Waals surface area contributed by atoms with Crippen LogP contribution in [0.5, 0.6) is 11.8 Å². The van der Waals surface area contributed by atoms with Gasteiger partial charge in [-0.3, -0.25) is 10.1 Å². The summed E-state index contributed by atoms with van der Waals surface area (Å²) in [7, 11) is 1.46. The zero-order valence-electron chi connectivity index (χ0n) is 18.0. The molecule has 2 aromatic rings. The Morgan fingerprint density at radius 3 is 2.57 bits per heavy atom. The van der Waals surface area contributed by atoms with Crippen LogP contribution in [0.25, 0.3) is 0 Å². The van der Waals surface area contributed by atoms with Crippen molar-refractivity contribution in [2.75, 3.05) is 12.4 Å². The van der Waals surface area contributed by atoms with E-state index in [4.69, 9.17) is 4.74 Å². The third-order valence-electron chi connectivity index (χ3n) is 4.10. The number of rotatable bonds is 6. The minimum absolute atomic E-state index is 0.115. The fourth-order valence-electron chi connectivity index (χ4n) is 2.70. The number of nitrogens with one attached hydrogen (secondary N) is 3. The Morgan fingerprint density at radius 2 is 1.97 bits per heavy atom. The molecule has 3 unspecified atom stereocenters. The maximum atomic E-state index is 13.0. The number of H-pyrrole nitrogens is 1. The van der Waals surface area contributed by atoms with E-state index in [9.17, 15) is 13.2 Å². The Bertz CT molecular complexity index is 719. The molecule has 0 saturated carbocycles. The van der Waals surface area contributed by atoms with Gasteiger partial charge < -0.3 is 20.1 Å². The molecule has 0 aromatic carbocycles. The summed E-state index contributed by atoms with van der Waals surface area (Å²) in [6.45, 7) is 5.23. The molecule has 3 N–H and O–H groups in total. The van der Waals surface area contributed by atoms with Crippen molar-refractivity contribution in [1.29, 1.82) is 0 Å². The van der Waals surface area contributed by atoms with Crippen molar-refractivity contribution in [3.8, 4) is 11.8 Å². The molecule has 0 amide bonds. The summed E-state index contributed by atoms with van der Waals surface area (Å²) in [5.74, 6) is 0.821. The van der Waals surface area contributed by atoms with E-state index in [1.54, 1.807) is 0 Å². The first-order valence-corrected chi connectivity index (χ1v) is 9.94. The van der Waals surface area contributed by atoms with Crippen LogP contribution in [0.15, 0.2) is 18.5 Å². The summed E-state index contributed by atoms with van der Waals surface area (Å²) in [6.07, 6.45) is 4.90. The van der Waals surface area contributed by atoms with Crippen LogP contribution in [0.3, 0.4) is 0 Å². The minimum atomic E-state index is -2.92. The average molecular weight is 432 g/mol. The number of nitrogens with zero attached hydrogens (tertiary/aromatic N) is 3. The number of halogens is 3. The summed E-state index contributed by atoms with van der Waals surface area (Å²) in [5, 5.41) is 12.0. The number of aromatic nitrogens is 4. The molecule has 0 radical (unpaired) electrons. The Kier molecular flexibility index (Phi) is 11.6. The lowest BCUT2D eigenvalue weighted by atomic mass is 9.96. The van der Waals surface area contributed by atoms with Crippen LogP contribution in [-0.2, 0) is 0 Å². The van der Waals surface area contributed by atoms with Crippen molar-refractivity contribution in [2.45, 2.75) is 71.8 Å². The molecule has 1 aliphatic heterocycles. The standard InChI is InChI=1S/C9H9F2N5O2.C8H16FN.C2H6/c1-17-8-4-12-3-6(14-8)13-5-2-7(16-15-5)18-9(10)11;1-3-8-7(9)5-4-6(2)10-8;1-2/h2-4,9H,1H3,(H2,13,14,15,16);6-8,10H,3-5H2,1-2H3;1-2H3. The maximum Gasteiger partial charge on any atom is 0.388 e. The Labute approximate surface area is 175 Å². The normalized spacial score (nSPS) is 20.4. The topological polar surface area (TPSA) is 97.0 Å². The first kappa shape index (κ1) is 25.5. The predicted molar refractivity (Wildman–Crippen MR) is 109 cm³/mol. The van der Waals surface area contributed by atoms with E-state index < -0.39 is 12.8 Å². The second-order valence-electron chi connectivity index (χ2n) is 6.25. The highest BCUT2D eigenvalue weighted by atomic mass is 19.3. The van der Waals surface area contributed by atoms with Gasteiger partial charge in [0.2, 0.25) is 11.8 Å². The van der Waals surface area contributed by atoms with Gasteiger partial charge in [0.15, 0.2) is 5.82 Å². The SMILES string of the molecule is CC.CCC1NC(C)CCC1F.COc1cncc(Nc2cc(OC(F)F)n[nH]2)n1. The largest absolute Gasteiger partial charge is 0.480 e. The number of hydrogen-bond acceptors (Lipinski definition) is 7. The van der Waals surface area contributed by atoms with Gasteiger partial charge in [-0.2, -0.15) is 13.8 Å². The Hall–Kier alpha value is -2.56. The zero-order chi connectivity index (χ0) is 22.5. The molecule has 0 bridgehead atoms. The van der Waals surface area contributed by atoms with Crippen molar-refractivity contribution in [3.05, 3.63) is 18.5 Å². The lowest BCUT2D eigenvalue weighted by Crippen LogP contribution is -2.47. The molecule has 3 atom stereocenters. The summed E-state index contributed by atoms with van der Waals surface area (Å²) in [4.78, 5) is 7.90. The monoisotopic (exact) mass is 432 g/mol. The van der Waals surface area contributed by atoms with E-state index in [1.807, 2.05) is 20.8 Å². The van der Waals surface area contributed by atoms with Gasteiger partial charge in [0.05, 0.1) is 19.5 Å². The molecule has 170 valence electrons. The van der Waals surface area contributed by atoms with Gasteiger partial charge in [-0.15, -0.1) is 5.10 Å². The molecule has 3 rings (SSSR count). The molecule has 11 heteroatoms. The summed E-state index contributed by atoms with van der Waals surface area (Å²) >= 11 is 0. The number of methoxy groups -OCH3 is 1. The van der Waals surface area contributed by atoms with Crippen LogP contribution < -0.4 is 20.1 Å². The average Bonchev–Trinajstić information content (AvgIpc) is 3.17. The lowest BCUT2D eigenvalue weighted by Gasteiger charge is -2.30. The number of hydrogen-bond donors (Lipinski definition) is 3. The van der Waals surface area contributed by atoms with Crippen molar-refractivity contribution in [3.63, 3.8) is 0 Å². The van der Waals surface area contributed by atoms with E-state index in [2.05, 4.69) is 42.5 Å². The van der Waals surface area contributed by atoms with E-state index >= 15 is 0 Å². The molecule has 0 spiro atoms. The molecule has 8 nitrogen and oxygen atoms in total. The van der Waals surface area contributed by atoms with E-state index in [0.717, 1.165) is 19.3 Å². The number of piperidine rings is 1. The van der Waals surface area contributed by atoms with Gasteiger partial charge in [-0.25, -0.2) is 4.39 Å². The molecule has 1 fully saturated rings. The highest BCUT2D eigenvalue weighted by Crippen LogP contribution is 2.19. The first-order chi connectivity index (χ1) is 14.4. The van der Waals surface area contributed by atoms with Gasteiger partial charge in [0.25, 0.3) is 0 Å². The number of ether oxygens (including phenoxy) is 2. The van der Waals surface area contributed by atoms with Gasteiger partial charge in [-0.05, 0) is 26.2 Å². The fourth-order valence-corrected chi connectivity index (χ4v) is 2.70. The lowest BCUT2D eigenvalue weighted by molar-refractivity contribution is -0.0528. The van der Waals surface area contributed by atoms with Crippen molar-refractivity contribution >= 4 is 11.6 Å². The second kappa shape index (κ2) is 13.6. The molecular formula is C19H31F3N6O2. The summed E-state index contributed by atoms with van der Waals surface area (Å²) in [5.41, 5.74) is 0. The molecule has 3 heterocycles. The highest BCUT2D eigenvalue weighted by molar-refractivity contribution is 5.51. The minimum Gasteiger partial charge on any atom is -0.480 e. The quantitative estimate of drug-likeness (QED) is 0.620. The van der Waals surface area contributed by atoms with E-state index in [1.165, 1.54) is 25.6 Å². The van der Waals surface area contributed by atoms with Crippen LogP contribution in [-0.4, -0.2) is 52.1 Å². The fraction of sp³-hybridized carbons (Fsp3) is 0.632. The first-order valence-electron chi connectivity index (χ1n) is 9.94. The maximum absolute atomic E-state index is 13.0. The number of alkyl halides is 3. The molecule has 0 aliphatic carbocycles. The molecule has 1 saturated heterocycles. The van der Waals surface area contributed by atoms with Gasteiger partial charge in [-0.1, -0.05) is 20.8 Å². The van der Waals surface area contributed by atoms with E-state index in [-0.39, 0.29) is 11.9 Å². The number of anilines is 2. The highest BCUT2D eigenvalue weighted by Gasteiger charge is 2.25. The molecule has 1 aliphatic rings. The van der Waals surface area contributed by atoms with Crippen LogP contribution in [0.2, 0.25) is 0 Å². The van der Waals surface area contributed by atoms with E-state index in [0.29, 0.717) is 23.6 Å². The zero-order valence-corrected chi connectivity index (χ0v) is 18.0. The predicted octanol–water partition coefficient (Wildman–Crippen LogP) is 4.45. The Morgan fingerprint density at radius 1 is 1.23 bits per heavy atom. The van der Waals surface area contributed by atoms with Gasteiger partial charge in [0, 0.05) is 18.2 Å². The molecular weight excluding hydrogens is 401 g/mol. The number of aromatic amines is 1. The van der Waals surface area contributed by atoms with Gasteiger partial charge >= 0.3 is 6.61 Å². The third kappa shape index (κ3) is 8.85. The Balaban J connectivity index is 0.000000318. The van der Waals surface area contributed by atoms with Crippen LogP contribution in [0.4, 0.5) is 24.8 Å². The summed E-state index contributed by atoms with van der Waals surface area (Å²) < 4.78 is 45.8. The molecule has 2 aromatic heterocycles. The van der Waals surface area contributed by atoms with Crippen molar-refractivity contribution in [2.24, 2.45) is 0 Å². The van der Waals surface area contributed by atoms with Crippen molar-refractivity contribution in [1.82, 2.24) is 25.5 Å².